The van der Waals surface area contributed by atoms with Crippen LogP contribution in [0.15, 0.2) is 12.3 Å². The van der Waals surface area contributed by atoms with Crippen LogP contribution in [0.3, 0.4) is 0 Å². The summed E-state index contributed by atoms with van der Waals surface area (Å²) < 4.78 is 5.79. The molecule has 0 bridgehead atoms. The fourth-order valence-electron chi connectivity index (χ4n) is 2.37. The highest BCUT2D eigenvalue weighted by Gasteiger charge is 2.18. The third-order valence-electron chi connectivity index (χ3n) is 3.57. The van der Waals surface area contributed by atoms with E-state index in [1.54, 1.807) is 12.3 Å². The molecule has 0 atom stereocenters. The van der Waals surface area contributed by atoms with E-state index >= 15 is 0 Å². The van der Waals surface area contributed by atoms with Gasteiger partial charge in [0.25, 0.3) is 5.91 Å². The maximum Gasteiger partial charge on any atom is 0.267 e. The summed E-state index contributed by atoms with van der Waals surface area (Å²) >= 11 is 5.74. The van der Waals surface area contributed by atoms with Crippen molar-refractivity contribution in [2.45, 2.75) is 44.2 Å². The van der Waals surface area contributed by atoms with Gasteiger partial charge >= 0.3 is 0 Å². The van der Waals surface area contributed by atoms with E-state index in [1.807, 2.05) is 0 Å². The van der Waals surface area contributed by atoms with Crippen LogP contribution in [0.25, 0.3) is 0 Å². The van der Waals surface area contributed by atoms with Crippen LogP contribution < -0.4 is 11.1 Å². The number of nitrogens with two attached hydrogens (primary N) is 1. The van der Waals surface area contributed by atoms with Gasteiger partial charge in [0.15, 0.2) is 0 Å². The van der Waals surface area contributed by atoms with Crippen molar-refractivity contribution in [3.05, 3.63) is 23.0 Å². The maximum absolute atomic E-state index is 11.7. The highest BCUT2D eigenvalue weighted by molar-refractivity contribution is 6.30. The third kappa shape index (κ3) is 4.81. The SMILES string of the molecule is NC1CCC(OCCCNC(=O)c2cc(Cl)c[nH]2)CC1. The lowest BCUT2D eigenvalue weighted by atomic mass is 9.94. The number of rotatable bonds is 6. The zero-order valence-electron chi connectivity index (χ0n) is 11.5. The van der Waals surface area contributed by atoms with Gasteiger partial charge in [0.1, 0.15) is 5.69 Å². The van der Waals surface area contributed by atoms with E-state index in [9.17, 15) is 4.79 Å². The van der Waals surface area contributed by atoms with E-state index in [-0.39, 0.29) is 5.91 Å². The van der Waals surface area contributed by atoms with Crippen LogP contribution in [0.2, 0.25) is 5.02 Å². The molecule has 20 heavy (non-hydrogen) atoms. The first-order valence-corrected chi connectivity index (χ1v) is 7.52. The van der Waals surface area contributed by atoms with Crippen molar-refractivity contribution < 1.29 is 9.53 Å². The lowest BCUT2D eigenvalue weighted by molar-refractivity contribution is 0.0241. The zero-order valence-corrected chi connectivity index (χ0v) is 12.3. The summed E-state index contributed by atoms with van der Waals surface area (Å²) in [6.45, 7) is 1.27. The van der Waals surface area contributed by atoms with E-state index in [1.165, 1.54) is 0 Å². The Labute approximate surface area is 124 Å². The van der Waals surface area contributed by atoms with Gasteiger partial charge in [0, 0.05) is 25.4 Å². The molecule has 1 aliphatic carbocycles. The Balaban J connectivity index is 1.54. The molecule has 1 aromatic rings. The van der Waals surface area contributed by atoms with Crippen LogP contribution in [0, 0.1) is 0 Å². The molecule has 112 valence electrons. The van der Waals surface area contributed by atoms with E-state index in [0.717, 1.165) is 32.1 Å². The maximum atomic E-state index is 11.7. The lowest BCUT2D eigenvalue weighted by Crippen LogP contribution is -2.31. The Morgan fingerprint density at radius 1 is 1.45 bits per heavy atom. The highest BCUT2D eigenvalue weighted by Crippen LogP contribution is 2.19. The predicted molar refractivity (Wildman–Crippen MR) is 78.9 cm³/mol. The number of hydrogen-bond donors (Lipinski definition) is 3. The third-order valence-corrected chi connectivity index (χ3v) is 3.79. The smallest absolute Gasteiger partial charge is 0.267 e. The summed E-state index contributed by atoms with van der Waals surface area (Å²) in [6.07, 6.45) is 6.94. The van der Waals surface area contributed by atoms with Crippen molar-refractivity contribution in [1.29, 1.82) is 0 Å². The van der Waals surface area contributed by atoms with E-state index < -0.39 is 0 Å². The van der Waals surface area contributed by atoms with Crippen LogP contribution in [0.1, 0.15) is 42.6 Å². The second-order valence-electron chi connectivity index (χ2n) is 5.25. The first-order valence-electron chi connectivity index (χ1n) is 7.14. The molecule has 0 aromatic carbocycles. The molecule has 1 aliphatic rings. The van der Waals surface area contributed by atoms with Gasteiger partial charge in [-0.1, -0.05) is 11.6 Å². The van der Waals surface area contributed by atoms with Gasteiger partial charge < -0.3 is 20.8 Å². The summed E-state index contributed by atoms with van der Waals surface area (Å²) in [5.74, 6) is -0.138. The lowest BCUT2D eigenvalue weighted by Gasteiger charge is -2.26. The predicted octanol–water partition coefficient (Wildman–Crippen LogP) is 2.07. The standard InChI is InChI=1S/C14H22ClN3O2/c15-10-8-13(18-9-10)14(19)17-6-1-7-20-12-4-2-11(16)3-5-12/h8-9,11-12,18H,1-7,16H2,(H,17,19). The number of carbonyl (C=O) groups excluding carboxylic acids is 1. The summed E-state index contributed by atoms with van der Waals surface area (Å²) in [5.41, 5.74) is 6.33. The molecule has 6 heteroatoms. The molecular weight excluding hydrogens is 278 g/mol. The molecule has 0 unspecified atom stereocenters. The second-order valence-corrected chi connectivity index (χ2v) is 5.69. The molecule has 5 nitrogen and oxygen atoms in total. The molecule has 4 N–H and O–H groups in total. The zero-order chi connectivity index (χ0) is 14.4. The number of amides is 1. The monoisotopic (exact) mass is 299 g/mol. The Kier molecular flexibility index (Phi) is 5.88. The largest absolute Gasteiger partial charge is 0.378 e. The molecule has 1 saturated carbocycles. The summed E-state index contributed by atoms with van der Waals surface area (Å²) in [6, 6.07) is 1.96. The molecule has 0 spiro atoms. The minimum absolute atomic E-state index is 0.138. The second kappa shape index (κ2) is 7.67. The molecule has 1 aromatic heterocycles. The van der Waals surface area contributed by atoms with Crippen LogP contribution >= 0.6 is 11.6 Å². The number of nitrogens with one attached hydrogen (secondary N) is 2. The van der Waals surface area contributed by atoms with Crippen molar-refractivity contribution in [2.75, 3.05) is 13.2 Å². The number of hydrogen-bond acceptors (Lipinski definition) is 3. The fourth-order valence-corrected chi connectivity index (χ4v) is 2.54. The fraction of sp³-hybridized carbons (Fsp3) is 0.643. The Morgan fingerprint density at radius 2 is 2.20 bits per heavy atom. The first kappa shape index (κ1) is 15.4. The number of aromatic nitrogens is 1. The Hall–Kier alpha value is -1.04. The van der Waals surface area contributed by atoms with Gasteiger partial charge in [-0.2, -0.15) is 0 Å². The van der Waals surface area contributed by atoms with Gasteiger partial charge in [0.2, 0.25) is 0 Å². The van der Waals surface area contributed by atoms with Crippen LogP contribution in [-0.2, 0) is 4.74 Å². The first-order chi connectivity index (χ1) is 9.65. The minimum atomic E-state index is -0.138. The molecule has 0 radical (unpaired) electrons. The molecule has 2 rings (SSSR count). The Bertz CT molecular complexity index is 428. The molecule has 0 saturated heterocycles. The summed E-state index contributed by atoms with van der Waals surface area (Å²) in [4.78, 5) is 14.5. The Morgan fingerprint density at radius 3 is 2.85 bits per heavy atom. The number of ether oxygens (including phenoxy) is 1. The van der Waals surface area contributed by atoms with E-state index in [4.69, 9.17) is 22.1 Å². The van der Waals surface area contributed by atoms with Gasteiger partial charge in [-0.05, 0) is 38.2 Å². The molecular formula is C14H22ClN3O2. The van der Waals surface area contributed by atoms with E-state index in [0.29, 0.717) is 36.0 Å². The van der Waals surface area contributed by atoms with Crippen LogP contribution in [0.4, 0.5) is 0 Å². The van der Waals surface area contributed by atoms with Crippen molar-refractivity contribution >= 4 is 17.5 Å². The van der Waals surface area contributed by atoms with Crippen molar-refractivity contribution in [3.8, 4) is 0 Å². The van der Waals surface area contributed by atoms with Crippen molar-refractivity contribution in [3.63, 3.8) is 0 Å². The number of H-pyrrole nitrogens is 1. The van der Waals surface area contributed by atoms with Crippen LogP contribution in [0.5, 0.6) is 0 Å². The quantitative estimate of drug-likeness (QED) is 0.704. The van der Waals surface area contributed by atoms with Crippen molar-refractivity contribution in [1.82, 2.24) is 10.3 Å². The number of aromatic amines is 1. The average molecular weight is 300 g/mol. The number of carbonyl (C=O) groups is 1. The highest BCUT2D eigenvalue weighted by atomic mass is 35.5. The summed E-state index contributed by atoms with van der Waals surface area (Å²) in [7, 11) is 0. The molecule has 1 fully saturated rings. The van der Waals surface area contributed by atoms with Crippen LogP contribution in [-0.4, -0.2) is 36.2 Å². The number of halogens is 1. The summed E-state index contributed by atoms with van der Waals surface area (Å²) in [5, 5.41) is 3.36. The van der Waals surface area contributed by atoms with Gasteiger partial charge in [-0.3, -0.25) is 4.79 Å². The van der Waals surface area contributed by atoms with Gasteiger partial charge in [-0.25, -0.2) is 0 Å². The molecule has 0 aliphatic heterocycles. The minimum Gasteiger partial charge on any atom is -0.378 e. The topological polar surface area (TPSA) is 80.1 Å². The van der Waals surface area contributed by atoms with Gasteiger partial charge in [0.05, 0.1) is 11.1 Å². The molecule has 1 heterocycles. The average Bonchev–Trinajstić information content (AvgIpc) is 2.87. The van der Waals surface area contributed by atoms with Crippen molar-refractivity contribution in [2.24, 2.45) is 5.73 Å². The van der Waals surface area contributed by atoms with E-state index in [2.05, 4.69) is 10.3 Å². The molecule has 1 amide bonds. The van der Waals surface area contributed by atoms with Gasteiger partial charge in [-0.15, -0.1) is 0 Å². The normalized spacial score (nSPS) is 22.7.